The van der Waals surface area contributed by atoms with Gasteiger partial charge in [-0.1, -0.05) is 30.3 Å². The Labute approximate surface area is 125 Å². The monoisotopic (exact) mass is 286 g/mol. The number of benzene rings is 1. The summed E-state index contributed by atoms with van der Waals surface area (Å²) < 4.78 is 1.69. The zero-order valence-corrected chi connectivity index (χ0v) is 12.7. The highest BCUT2D eigenvalue weighted by Crippen LogP contribution is 2.17. The third-order valence-corrected chi connectivity index (χ3v) is 3.61. The molecule has 0 saturated heterocycles. The van der Waals surface area contributed by atoms with Gasteiger partial charge in [0.25, 0.3) is 0 Å². The maximum atomic E-state index is 12.6. The van der Waals surface area contributed by atoms with Crippen LogP contribution in [-0.2, 0) is 4.79 Å². The summed E-state index contributed by atoms with van der Waals surface area (Å²) in [5, 5.41) is 7.23. The third-order valence-electron chi connectivity index (χ3n) is 3.61. The number of carbonyl (C=O) groups is 1. The van der Waals surface area contributed by atoms with Crippen LogP contribution in [0.4, 0.5) is 0 Å². The van der Waals surface area contributed by atoms with E-state index in [0.29, 0.717) is 6.54 Å². The van der Waals surface area contributed by atoms with Crippen molar-refractivity contribution in [2.75, 3.05) is 20.6 Å². The molecule has 1 aromatic heterocycles. The summed E-state index contributed by atoms with van der Waals surface area (Å²) in [5.41, 5.74) is 0.927. The molecule has 0 aliphatic carbocycles. The van der Waals surface area contributed by atoms with Gasteiger partial charge in [-0.15, -0.1) is 0 Å². The van der Waals surface area contributed by atoms with E-state index in [1.807, 2.05) is 56.7 Å². The van der Waals surface area contributed by atoms with Crippen molar-refractivity contribution in [2.45, 2.75) is 19.0 Å². The fourth-order valence-corrected chi connectivity index (χ4v) is 2.02. The second kappa shape index (κ2) is 7.04. The average Bonchev–Trinajstić information content (AvgIpc) is 3.00. The lowest BCUT2D eigenvalue weighted by atomic mass is 10.1. The molecule has 2 aromatic rings. The molecule has 0 aliphatic rings. The van der Waals surface area contributed by atoms with E-state index in [1.165, 1.54) is 0 Å². The summed E-state index contributed by atoms with van der Waals surface area (Å²) in [6, 6.07) is 11.4. The number of rotatable bonds is 6. The number of amides is 1. The molecule has 2 atom stereocenters. The standard InChI is InChI=1S/C16H22N4O/c1-13(19(2)3)12-17-16(21)15(20-11-7-10-18-20)14-8-5-4-6-9-14/h4-11,13,15H,12H2,1-3H3,(H,17,21)/t13-,15+/m1/s1. The Morgan fingerprint density at radius 3 is 2.57 bits per heavy atom. The van der Waals surface area contributed by atoms with E-state index in [1.54, 1.807) is 10.9 Å². The van der Waals surface area contributed by atoms with E-state index in [4.69, 9.17) is 0 Å². The number of hydrogen-bond donors (Lipinski definition) is 1. The van der Waals surface area contributed by atoms with Crippen LogP contribution in [0, 0.1) is 0 Å². The SMILES string of the molecule is C[C@H](CNC(=O)[C@H](c1ccccc1)n1cccn1)N(C)C. The van der Waals surface area contributed by atoms with Gasteiger partial charge in [-0.2, -0.15) is 5.10 Å². The van der Waals surface area contributed by atoms with Crippen molar-refractivity contribution in [1.82, 2.24) is 20.0 Å². The smallest absolute Gasteiger partial charge is 0.249 e. The molecular formula is C16H22N4O. The van der Waals surface area contributed by atoms with Gasteiger partial charge in [-0.05, 0) is 32.6 Å². The average molecular weight is 286 g/mol. The molecule has 112 valence electrons. The highest BCUT2D eigenvalue weighted by molar-refractivity contribution is 5.83. The molecule has 0 radical (unpaired) electrons. The second-order valence-electron chi connectivity index (χ2n) is 5.36. The van der Waals surface area contributed by atoms with E-state index in [-0.39, 0.29) is 11.9 Å². The predicted molar refractivity (Wildman–Crippen MR) is 83.0 cm³/mol. The van der Waals surface area contributed by atoms with Crippen molar-refractivity contribution < 1.29 is 4.79 Å². The third kappa shape index (κ3) is 3.92. The molecule has 1 aromatic carbocycles. The van der Waals surface area contributed by atoms with Crippen LogP contribution in [0.25, 0.3) is 0 Å². The number of hydrogen-bond acceptors (Lipinski definition) is 3. The maximum Gasteiger partial charge on any atom is 0.249 e. The van der Waals surface area contributed by atoms with Gasteiger partial charge in [0.15, 0.2) is 6.04 Å². The van der Waals surface area contributed by atoms with Crippen molar-refractivity contribution >= 4 is 5.91 Å². The largest absolute Gasteiger partial charge is 0.352 e. The van der Waals surface area contributed by atoms with Crippen molar-refractivity contribution in [1.29, 1.82) is 0 Å². The Kier molecular flexibility index (Phi) is 5.11. The molecule has 0 bridgehead atoms. The lowest BCUT2D eigenvalue weighted by molar-refractivity contribution is -0.123. The summed E-state index contributed by atoms with van der Waals surface area (Å²) in [6.07, 6.45) is 3.50. The van der Waals surface area contributed by atoms with Crippen LogP contribution >= 0.6 is 0 Å². The Morgan fingerprint density at radius 2 is 2.00 bits per heavy atom. The van der Waals surface area contributed by atoms with Crippen LogP contribution in [-0.4, -0.2) is 47.3 Å². The number of nitrogens with one attached hydrogen (secondary N) is 1. The summed E-state index contributed by atoms with van der Waals surface area (Å²) in [7, 11) is 4.00. The Morgan fingerprint density at radius 1 is 1.29 bits per heavy atom. The fourth-order valence-electron chi connectivity index (χ4n) is 2.02. The summed E-state index contributed by atoms with van der Waals surface area (Å²) in [6.45, 7) is 2.68. The summed E-state index contributed by atoms with van der Waals surface area (Å²) in [5.74, 6) is -0.0430. The Balaban J connectivity index is 2.15. The van der Waals surface area contributed by atoms with Gasteiger partial charge in [0, 0.05) is 25.0 Å². The predicted octanol–water partition coefficient (Wildman–Crippen LogP) is 1.54. The fraction of sp³-hybridized carbons (Fsp3) is 0.375. The molecule has 5 heteroatoms. The highest BCUT2D eigenvalue weighted by atomic mass is 16.2. The lowest BCUT2D eigenvalue weighted by Crippen LogP contribution is -2.41. The van der Waals surface area contributed by atoms with E-state index in [0.717, 1.165) is 5.56 Å². The minimum absolute atomic E-state index is 0.0430. The maximum absolute atomic E-state index is 12.6. The summed E-state index contributed by atoms with van der Waals surface area (Å²) >= 11 is 0. The molecule has 1 N–H and O–H groups in total. The van der Waals surface area contributed by atoms with Crippen LogP contribution in [0.5, 0.6) is 0 Å². The molecule has 2 rings (SSSR count). The number of aromatic nitrogens is 2. The Hall–Kier alpha value is -2.14. The number of likely N-dealkylation sites (N-methyl/N-ethyl adjacent to an activating group) is 1. The minimum Gasteiger partial charge on any atom is -0.352 e. The normalized spacial score (nSPS) is 13.9. The number of carbonyl (C=O) groups excluding carboxylic acids is 1. The van der Waals surface area contributed by atoms with Crippen LogP contribution < -0.4 is 5.32 Å². The summed E-state index contributed by atoms with van der Waals surface area (Å²) in [4.78, 5) is 14.7. The molecule has 0 spiro atoms. The topological polar surface area (TPSA) is 50.2 Å². The first-order valence-corrected chi connectivity index (χ1v) is 7.08. The zero-order valence-electron chi connectivity index (χ0n) is 12.7. The van der Waals surface area contributed by atoms with Crippen molar-refractivity contribution in [3.63, 3.8) is 0 Å². The molecule has 1 amide bonds. The van der Waals surface area contributed by atoms with Gasteiger partial charge < -0.3 is 10.2 Å². The molecule has 5 nitrogen and oxygen atoms in total. The molecule has 0 fully saturated rings. The zero-order chi connectivity index (χ0) is 15.2. The molecule has 0 aliphatic heterocycles. The first-order valence-electron chi connectivity index (χ1n) is 7.08. The molecule has 0 unspecified atom stereocenters. The van der Waals surface area contributed by atoms with Gasteiger partial charge in [-0.25, -0.2) is 0 Å². The molecule has 21 heavy (non-hydrogen) atoms. The second-order valence-corrected chi connectivity index (χ2v) is 5.36. The molecule has 1 heterocycles. The van der Waals surface area contributed by atoms with Crippen LogP contribution in [0.3, 0.4) is 0 Å². The quantitative estimate of drug-likeness (QED) is 0.876. The van der Waals surface area contributed by atoms with Gasteiger partial charge >= 0.3 is 0 Å². The van der Waals surface area contributed by atoms with Crippen LogP contribution in [0.15, 0.2) is 48.8 Å². The first kappa shape index (κ1) is 15.3. The van der Waals surface area contributed by atoms with Crippen molar-refractivity contribution in [3.8, 4) is 0 Å². The van der Waals surface area contributed by atoms with Gasteiger partial charge in [-0.3, -0.25) is 9.48 Å². The van der Waals surface area contributed by atoms with Crippen molar-refractivity contribution in [3.05, 3.63) is 54.4 Å². The highest BCUT2D eigenvalue weighted by Gasteiger charge is 2.23. The molecular weight excluding hydrogens is 264 g/mol. The van der Waals surface area contributed by atoms with E-state index < -0.39 is 6.04 Å². The van der Waals surface area contributed by atoms with E-state index in [9.17, 15) is 4.79 Å². The van der Waals surface area contributed by atoms with Crippen LogP contribution in [0.1, 0.15) is 18.5 Å². The van der Waals surface area contributed by atoms with Gasteiger partial charge in [0.1, 0.15) is 0 Å². The molecule has 0 saturated carbocycles. The van der Waals surface area contributed by atoms with E-state index in [2.05, 4.69) is 22.2 Å². The minimum atomic E-state index is -0.435. The van der Waals surface area contributed by atoms with Crippen LogP contribution in [0.2, 0.25) is 0 Å². The van der Waals surface area contributed by atoms with Gasteiger partial charge in [0.2, 0.25) is 5.91 Å². The lowest BCUT2D eigenvalue weighted by Gasteiger charge is -2.23. The first-order chi connectivity index (χ1) is 10.1. The Bertz CT molecular complexity index is 551. The van der Waals surface area contributed by atoms with Gasteiger partial charge in [0.05, 0.1) is 0 Å². The number of nitrogens with zero attached hydrogens (tertiary/aromatic N) is 3. The van der Waals surface area contributed by atoms with Crippen molar-refractivity contribution in [2.24, 2.45) is 0 Å². The van der Waals surface area contributed by atoms with E-state index >= 15 is 0 Å².